The maximum atomic E-state index is 16.9. The fourth-order valence-electron chi connectivity index (χ4n) is 5.46. The van der Waals surface area contributed by atoms with E-state index in [9.17, 15) is 9.18 Å². The molecule has 210 valence electrons. The van der Waals surface area contributed by atoms with Crippen LogP contribution >= 0.6 is 11.6 Å². The fraction of sp³-hybridized carbons (Fsp3) is 0.300. The summed E-state index contributed by atoms with van der Waals surface area (Å²) in [6, 6.07) is 8.73. The molecule has 1 amide bonds. The number of alkyl halides is 1. The van der Waals surface area contributed by atoms with Gasteiger partial charge in [-0.25, -0.2) is 23.5 Å². The minimum absolute atomic E-state index is 0.0204. The summed E-state index contributed by atoms with van der Waals surface area (Å²) in [5.41, 5.74) is 4.99. The van der Waals surface area contributed by atoms with Crippen molar-refractivity contribution in [2.45, 2.75) is 44.8 Å². The molecule has 0 saturated heterocycles. The van der Waals surface area contributed by atoms with Crippen LogP contribution in [-0.4, -0.2) is 36.6 Å². The van der Waals surface area contributed by atoms with Crippen LogP contribution in [0.25, 0.3) is 22.3 Å². The number of aromatic nitrogens is 4. The molecule has 1 saturated carbocycles. The number of carbonyl (C=O) groups is 1. The number of nitrogens with two attached hydrogens (primary N) is 1. The third-order valence-electron chi connectivity index (χ3n) is 7.50. The molecule has 3 aromatic heterocycles. The van der Waals surface area contributed by atoms with Gasteiger partial charge in [-0.05, 0) is 56.7 Å². The number of rotatable bonds is 6. The summed E-state index contributed by atoms with van der Waals surface area (Å²) in [6.45, 7) is 1.64. The predicted octanol–water partition coefficient (Wildman–Crippen LogP) is 6.34. The van der Waals surface area contributed by atoms with Crippen molar-refractivity contribution in [3.8, 4) is 23.6 Å². The molecule has 4 aromatic rings. The number of imidazole rings is 1. The summed E-state index contributed by atoms with van der Waals surface area (Å²) in [6.07, 6.45) is 10.5. The first-order chi connectivity index (χ1) is 19.6. The smallest absolute Gasteiger partial charge is 0.433 e. The third-order valence-corrected chi connectivity index (χ3v) is 7.71. The van der Waals surface area contributed by atoms with Crippen molar-refractivity contribution in [3.63, 3.8) is 0 Å². The summed E-state index contributed by atoms with van der Waals surface area (Å²) in [4.78, 5) is 28.1. The van der Waals surface area contributed by atoms with Crippen molar-refractivity contribution in [1.82, 2.24) is 19.5 Å². The first kappa shape index (κ1) is 28.2. The molecule has 5 rings (SSSR count). The molecule has 3 heterocycles. The van der Waals surface area contributed by atoms with E-state index in [0.29, 0.717) is 28.3 Å². The number of benzene rings is 1. The van der Waals surface area contributed by atoms with E-state index in [0.717, 1.165) is 25.7 Å². The highest BCUT2D eigenvalue weighted by Gasteiger charge is 2.38. The van der Waals surface area contributed by atoms with Gasteiger partial charge in [0.25, 0.3) is 0 Å². The van der Waals surface area contributed by atoms with Crippen molar-refractivity contribution in [3.05, 3.63) is 76.7 Å². The normalized spacial score (nSPS) is 19.0. The van der Waals surface area contributed by atoms with E-state index in [1.54, 1.807) is 16.7 Å². The first-order valence-electron chi connectivity index (χ1n) is 13.1. The minimum Gasteiger partial charge on any atom is -0.463 e. The van der Waals surface area contributed by atoms with Crippen molar-refractivity contribution < 1.29 is 18.7 Å². The first-order valence-corrected chi connectivity index (χ1v) is 13.5. The Morgan fingerprint density at radius 1 is 1.24 bits per heavy atom. The molecule has 1 atom stereocenters. The Morgan fingerprint density at radius 2 is 1.98 bits per heavy atom. The van der Waals surface area contributed by atoms with E-state index in [4.69, 9.17) is 28.9 Å². The summed E-state index contributed by atoms with van der Waals surface area (Å²) in [7, 11) is 0. The van der Waals surface area contributed by atoms with Gasteiger partial charge >= 0.3 is 6.09 Å². The van der Waals surface area contributed by atoms with Crippen LogP contribution in [0.1, 0.15) is 49.7 Å². The SMILES string of the molecule is C#CC1CCC(Cn2c(C(C)(F)c3ccccc3F)nc3cc(C(N)=NC(=O)O)nc(-c4cncc(Cl)c4)c32)CC1. The molecule has 0 spiro atoms. The number of hydrogen-bond acceptors (Lipinski definition) is 4. The molecule has 41 heavy (non-hydrogen) atoms. The highest BCUT2D eigenvalue weighted by Crippen LogP contribution is 2.40. The molecule has 0 radical (unpaired) electrons. The second-order valence-electron chi connectivity index (χ2n) is 10.3. The van der Waals surface area contributed by atoms with Crippen LogP contribution in [0.4, 0.5) is 13.6 Å². The van der Waals surface area contributed by atoms with E-state index in [1.165, 1.54) is 43.6 Å². The number of nitrogens with zero attached hydrogens (tertiary/aromatic N) is 5. The van der Waals surface area contributed by atoms with Crippen LogP contribution in [-0.2, 0) is 12.2 Å². The van der Waals surface area contributed by atoms with Crippen LogP contribution in [0, 0.1) is 30.0 Å². The molecule has 8 nitrogen and oxygen atoms in total. The van der Waals surface area contributed by atoms with Crippen LogP contribution in [0.5, 0.6) is 0 Å². The molecule has 0 bridgehead atoms. The highest BCUT2D eigenvalue weighted by molar-refractivity contribution is 6.30. The average molecular weight is 577 g/mol. The van der Waals surface area contributed by atoms with Gasteiger partial charge in [-0.3, -0.25) is 4.98 Å². The number of aliphatic imine (C=N–C) groups is 1. The molecule has 1 unspecified atom stereocenters. The topological polar surface area (TPSA) is 119 Å². The predicted molar refractivity (Wildman–Crippen MR) is 153 cm³/mol. The Bertz CT molecular complexity index is 1700. The summed E-state index contributed by atoms with van der Waals surface area (Å²) < 4.78 is 33.6. The highest BCUT2D eigenvalue weighted by atomic mass is 35.5. The molecular weight excluding hydrogens is 550 g/mol. The summed E-state index contributed by atoms with van der Waals surface area (Å²) >= 11 is 6.26. The number of amides is 1. The number of amidine groups is 1. The number of fused-ring (bicyclic) bond motifs is 1. The lowest BCUT2D eigenvalue weighted by Gasteiger charge is -2.29. The van der Waals surface area contributed by atoms with E-state index >= 15 is 4.39 Å². The Kier molecular flexibility index (Phi) is 7.74. The maximum absolute atomic E-state index is 16.9. The Balaban J connectivity index is 1.79. The number of pyridine rings is 2. The van der Waals surface area contributed by atoms with Gasteiger partial charge < -0.3 is 15.4 Å². The van der Waals surface area contributed by atoms with Crippen LogP contribution in [0.3, 0.4) is 0 Å². The Labute approximate surface area is 240 Å². The third kappa shape index (κ3) is 5.63. The molecule has 3 N–H and O–H groups in total. The molecular formula is C30H27ClF2N6O2. The quantitative estimate of drug-likeness (QED) is 0.157. The summed E-state index contributed by atoms with van der Waals surface area (Å²) in [5, 5.41) is 9.50. The van der Waals surface area contributed by atoms with Crippen LogP contribution in [0.2, 0.25) is 5.02 Å². The zero-order chi connectivity index (χ0) is 29.3. The lowest BCUT2D eigenvalue weighted by Crippen LogP contribution is -2.27. The average Bonchev–Trinajstić information content (AvgIpc) is 3.31. The zero-order valence-corrected chi connectivity index (χ0v) is 22.9. The van der Waals surface area contributed by atoms with Crippen molar-refractivity contribution in [1.29, 1.82) is 0 Å². The molecule has 1 aliphatic rings. The second-order valence-corrected chi connectivity index (χ2v) is 10.7. The lowest BCUT2D eigenvalue weighted by molar-refractivity contribution is 0.205. The maximum Gasteiger partial charge on any atom is 0.433 e. The van der Waals surface area contributed by atoms with E-state index in [2.05, 4.69) is 25.9 Å². The van der Waals surface area contributed by atoms with Gasteiger partial charge in [0, 0.05) is 36.0 Å². The number of halogens is 3. The Morgan fingerprint density at radius 3 is 2.63 bits per heavy atom. The van der Waals surface area contributed by atoms with Crippen molar-refractivity contribution >= 4 is 34.6 Å². The van der Waals surface area contributed by atoms with Gasteiger partial charge in [0.2, 0.25) is 0 Å². The minimum atomic E-state index is -2.34. The standard InChI is InChI=1S/C30H27ClF2N6O2/c1-3-17-8-10-18(11-9-17)16-39-26-23(37-28(39)30(2,33)21-6-4-5-7-22(21)32)13-24(27(34)38-29(40)41)36-25(26)19-12-20(31)15-35-14-19/h1,4-7,12-15,17-18H,8-11,16H2,2H3,(H2,34,38)(H,40,41). The van der Waals surface area contributed by atoms with E-state index in [1.807, 2.05) is 0 Å². The van der Waals surface area contributed by atoms with Crippen molar-refractivity contribution in [2.75, 3.05) is 0 Å². The fourth-order valence-corrected chi connectivity index (χ4v) is 5.63. The molecule has 11 heteroatoms. The number of terminal acetylenes is 1. The number of carboxylic acid groups (broad SMARTS) is 1. The second kappa shape index (κ2) is 11.3. The van der Waals surface area contributed by atoms with Gasteiger partial charge in [-0.2, -0.15) is 4.99 Å². The zero-order valence-electron chi connectivity index (χ0n) is 22.2. The molecule has 1 aliphatic carbocycles. The largest absolute Gasteiger partial charge is 0.463 e. The number of hydrogen-bond donors (Lipinski definition) is 2. The monoisotopic (exact) mass is 576 g/mol. The molecule has 0 aliphatic heterocycles. The van der Waals surface area contributed by atoms with E-state index in [-0.39, 0.29) is 40.3 Å². The lowest BCUT2D eigenvalue weighted by atomic mass is 9.82. The Hall–Kier alpha value is -4.36. The van der Waals surface area contributed by atoms with Gasteiger partial charge in [0.05, 0.1) is 21.7 Å². The van der Waals surface area contributed by atoms with Crippen LogP contribution < -0.4 is 5.73 Å². The van der Waals surface area contributed by atoms with Gasteiger partial charge in [0.1, 0.15) is 11.5 Å². The van der Waals surface area contributed by atoms with Gasteiger partial charge in [-0.15, -0.1) is 12.3 Å². The molecule has 1 aromatic carbocycles. The van der Waals surface area contributed by atoms with Crippen LogP contribution in [0.15, 0.2) is 53.8 Å². The van der Waals surface area contributed by atoms with Gasteiger partial charge in [-0.1, -0.05) is 29.8 Å². The van der Waals surface area contributed by atoms with Gasteiger partial charge in [0.15, 0.2) is 17.3 Å². The summed E-state index contributed by atoms with van der Waals surface area (Å²) in [5.74, 6) is 2.08. The van der Waals surface area contributed by atoms with Crippen molar-refractivity contribution in [2.24, 2.45) is 22.6 Å². The molecule has 1 fully saturated rings. The van der Waals surface area contributed by atoms with E-state index < -0.39 is 17.6 Å².